The Hall–Kier alpha value is -3.87. The molecule has 4 rings (SSSR count). The van der Waals surface area contributed by atoms with Crippen LogP contribution in [-0.4, -0.2) is 28.5 Å². The van der Waals surface area contributed by atoms with Crippen molar-refractivity contribution in [3.8, 4) is 0 Å². The molecular weight excluding hydrogens is 406 g/mol. The summed E-state index contributed by atoms with van der Waals surface area (Å²) in [6.45, 7) is 4.14. The maximum absolute atomic E-state index is 12.8. The summed E-state index contributed by atoms with van der Waals surface area (Å²) in [6.07, 6.45) is 3.24. The van der Waals surface area contributed by atoms with E-state index in [2.05, 4.69) is 10.6 Å². The van der Waals surface area contributed by atoms with Crippen LogP contribution in [0.3, 0.4) is 0 Å². The molecule has 164 valence electrons. The minimum atomic E-state index is -0.547. The van der Waals surface area contributed by atoms with Gasteiger partial charge in [-0.2, -0.15) is 0 Å². The summed E-state index contributed by atoms with van der Waals surface area (Å²) in [5.41, 5.74) is 2.32. The highest BCUT2D eigenvalue weighted by atomic mass is 16.5. The van der Waals surface area contributed by atoms with E-state index in [1.807, 2.05) is 62.4 Å². The first-order chi connectivity index (χ1) is 15.4. The van der Waals surface area contributed by atoms with E-state index in [1.165, 1.54) is 4.57 Å². The van der Waals surface area contributed by atoms with E-state index in [4.69, 9.17) is 4.74 Å². The number of piperazine rings is 1. The molecule has 2 amide bonds. The average molecular weight is 431 g/mol. The van der Waals surface area contributed by atoms with Crippen LogP contribution in [0.15, 0.2) is 66.5 Å². The molecule has 7 heteroatoms. The quantitative estimate of drug-likeness (QED) is 0.601. The molecule has 2 heterocycles. The SMILES string of the molecule is CC(C)C[C@@H]1NC(=O)/C(=C/c2cn(C(=O)OCc3ccccc3)c3ccccc23)NC1=O. The third-order valence-electron chi connectivity index (χ3n) is 5.28. The van der Waals surface area contributed by atoms with Gasteiger partial charge in [-0.1, -0.05) is 62.4 Å². The maximum Gasteiger partial charge on any atom is 0.418 e. The molecule has 1 fully saturated rings. The van der Waals surface area contributed by atoms with Crippen LogP contribution >= 0.6 is 0 Å². The third-order valence-corrected chi connectivity index (χ3v) is 5.28. The minimum absolute atomic E-state index is 0.149. The van der Waals surface area contributed by atoms with Crippen LogP contribution in [0, 0.1) is 5.92 Å². The van der Waals surface area contributed by atoms with Crippen molar-refractivity contribution >= 4 is 34.9 Å². The second-order valence-electron chi connectivity index (χ2n) is 8.21. The zero-order valence-corrected chi connectivity index (χ0v) is 18.0. The molecule has 2 aromatic carbocycles. The van der Waals surface area contributed by atoms with Crippen LogP contribution in [0.1, 0.15) is 31.4 Å². The van der Waals surface area contributed by atoms with E-state index in [0.29, 0.717) is 17.5 Å². The van der Waals surface area contributed by atoms with Crippen molar-refractivity contribution < 1.29 is 19.1 Å². The number of carbonyl (C=O) groups is 3. The van der Waals surface area contributed by atoms with Gasteiger partial charge in [0.15, 0.2) is 0 Å². The lowest BCUT2D eigenvalue weighted by atomic mass is 10.0. The largest absolute Gasteiger partial charge is 0.444 e. The fourth-order valence-electron chi connectivity index (χ4n) is 3.73. The number of nitrogens with zero attached hydrogens (tertiary/aromatic N) is 1. The van der Waals surface area contributed by atoms with E-state index in [-0.39, 0.29) is 30.0 Å². The Morgan fingerprint density at radius 2 is 1.81 bits per heavy atom. The smallest absolute Gasteiger partial charge is 0.418 e. The number of carbonyl (C=O) groups excluding carboxylic acids is 3. The van der Waals surface area contributed by atoms with Gasteiger partial charge in [0.25, 0.3) is 5.91 Å². The lowest BCUT2D eigenvalue weighted by molar-refractivity contribution is -0.131. The standard InChI is InChI=1S/C25H25N3O4/c1-16(2)12-20-23(29)27-21(24(30)26-20)13-18-14-28(22-11-7-6-10-19(18)22)25(31)32-15-17-8-4-3-5-9-17/h3-11,13-14,16,20H,12,15H2,1-2H3,(H,26,30)(H,27,29)/b21-13-/t20-/m0/s1. The van der Waals surface area contributed by atoms with Crippen molar-refractivity contribution in [2.45, 2.75) is 32.9 Å². The molecule has 0 spiro atoms. The molecule has 0 radical (unpaired) electrons. The van der Waals surface area contributed by atoms with Gasteiger partial charge in [-0.3, -0.25) is 14.2 Å². The Bertz CT molecular complexity index is 1190. The van der Waals surface area contributed by atoms with E-state index >= 15 is 0 Å². The number of fused-ring (bicyclic) bond motifs is 1. The Balaban J connectivity index is 1.59. The Kier molecular flexibility index (Phi) is 6.07. The van der Waals surface area contributed by atoms with Crippen LogP contribution in [-0.2, 0) is 20.9 Å². The summed E-state index contributed by atoms with van der Waals surface area (Å²) < 4.78 is 6.88. The van der Waals surface area contributed by atoms with Gasteiger partial charge in [0.2, 0.25) is 5.91 Å². The van der Waals surface area contributed by atoms with Crippen LogP contribution in [0.5, 0.6) is 0 Å². The van der Waals surface area contributed by atoms with E-state index in [1.54, 1.807) is 18.3 Å². The summed E-state index contributed by atoms with van der Waals surface area (Å²) in [5.74, 6) is -0.314. The Labute approximate surface area is 186 Å². The van der Waals surface area contributed by atoms with Crippen LogP contribution in [0.4, 0.5) is 4.79 Å². The van der Waals surface area contributed by atoms with Gasteiger partial charge in [0.1, 0.15) is 18.3 Å². The first-order valence-electron chi connectivity index (χ1n) is 10.6. The van der Waals surface area contributed by atoms with Crippen molar-refractivity contribution in [1.82, 2.24) is 15.2 Å². The molecule has 1 atom stereocenters. The van der Waals surface area contributed by atoms with E-state index in [9.17, 15) is 14.4 Å². The molecular formula is C25H25N3O4. The van der Waals surface area contributed by atoms with Crippen molar-refractivity contribution in [2.75, 3.05) is 0 Å². The number of hydrogen-bond donors (Lipinski definition) is 2. The molecule has 0 bridgehead atoms. The van der Waals surface area contributed by atoms with Crippen LogP contribution in [0.2, 0.25) is 0 Å². The molecule has 0 unspecified atom stereocenters. The highest BCUT2D eigenvalue weighted by Gasteiger charge is 2.30. The summed E-state index contributed by atoms with van der Waals surface area (Å²) in [4.78, 5) is 37.8. The molecule has 7 nitrogen and oxygen atoms in total. The van der Waals surface area contributed by atoms with Crippen LogP contribution in [0.25, 0.3) is 17.0 Å². The maximum atomic E-state index is 12.8. The zero-order valence-electron chi connectivity index (χ0n) is 18.0. The normalized spacial score (nSPS) is 17.5. The number of rotatable bonds is 5. The molecule has 32 heavy (non-hydrogen) atoms. The number of amides is 2. The lowest BCUT2D eigenvalue weighted by Crippen LogP contribution is -2.55. The predicted molar refractivity (Wildman–Crippen MR) is 121 cm³/mol. The number of hydrogen-bond acceptors (Lipinski definition) is 4. The molecule has 1 aromatic heterocycles. The topological polar surface area (TPSA) is 89.4 Å². The molecule has 1 saturated heterocycles. The summed E-state index contributed by atoms with van der Waals surface area (Å²) >= 11 is 0. The number of aromatic nitrogens is 1. The summed E-state index contributed by atoms with van der Waals surface area (Å²) in [7, 11) is 0. The number of benzene rings is 2. The average Bonchev–Trinajstić information content (AvgIpc) is 3.14. The first-order valence-corrected chi connectivity index (χ1v) is 10.6. The molecule has 2 N–H and O–H groups in total. The molecule has 1 aliphatic heterocycles. The van der Waals surface area contributed by atoms with Crippen molar-refractivity contribution in [1.29, 1.82) is 0 Å². The number of para-hydroxylation sites is 1. The fraction of sp³-hybridized carbons (Fsp3) is 0.240. The highest BCUT2D eigenvalue weighted by Crippen LogP contribution is 2.24. The van der Waals surface area contributed by atoms with Crippen molar-refractivity contribution in [3.05, 3.63) is 77.6 Å². The fourth-order valence-corrected chi connectivity index (χ4v) is 3.73. The second kappa shape index (κ2) is 9.09. The van der Waals surface area contributed by atoms with Gasteiger partial charge in [0, 0.05) is 17.1 Å². The van der Waals surface area contributed by atoms with E-state index in [0.717, 1.165) is 10.9 Å². The van der Waals surface area contributed by atoms with Gasteiger partial charge >= 0.3 is 6.09 Å². The summed E-state index contributed by atoms with van der Waals surface area (Å²) in [6, 6.07) is 16.2. The zero-order chi connectivity index (χ0) is 22.7. The van der Waals surface area contributed by atoms with Gasteiger partial charge in [-0.05, 0) is 30.0 Å². The van der Waals surface area contributed by atoms with Crippen LogP contribution < -0.4 is 10.6 Å². The predicted octanol–water partition coefficient (Wildman–Crippen LogP) is 3.83. The molecule has 3 aromatic rings. The lowest BCUT2D eigenvalue weighted by Gasteiger charge is -2.26. The second-order valence-corrected chi connectivity index (χ2v) is 8.21. The number of ether oxygens (including phenoxy) is 1. The monoisotopic (exact) mass is 431 g/mol. The van der Waals surface area contributed by atoms with Gasteiger partial charge in [0.05, 0.1) is 5.52 Å². The molecule has 0 saturated carbocycles. The van der Waals surface area contributed by atoms with Gasteiger partial charge in [-0.15, -0.1) is 0 Å². The summed E-state index contributed by atoms with van der Waals surface area (Å²) in [5, 5.41) is 6.24. The highest BCUT2D eigenvalue weighted by molar-refractivity contribution is 6.08. The third kappa shape index (κ3) is 4.56. The van der Waals surface area contributed by atoms with Crippen molar-refractivity contribution in [3.63, 3.8) is 0 Å². The Morgan fingerprint density at radius 1 is 1.09 bits per heavy atom. The van der Waals surface area contributed by atoms with Crippen molar-refractivity contribution in [2.24, 2.45) is 5.92 Å². The minimum Gasteiger partial charge on any atom is -0.444 e. The van der Waals surface area contributed by atoms with E-state index < -0.39 is 12.1 Å². The molecule has 1 aliphatic rings. The van der Waals surface area contributed by atoms with Gasteiger partial charge < -0.3 is 15.4 Å². The van der Waals surface area contributed by atoms with Gasteiger partial charge in [-0.25, -0.2) is 4.79 Å². The number of nitrogens with one attached hydrogen (secondary N) is 2. The first kappa shape index (κ1) is 21.4. The molecule has 0 aliphatic carbocycles. The Morgan fingerprint density at radius 3 is 2.56 bits per heavy atom.